The molecule has 1 fully saturated rings. The van der Waals surface area contributed by atoms with Gasteiger partial charge in [-0.05, 0) is 12.1 Å². The van der Waals surface area contributed by atoms with Crippen molar-refractivity contribution in [3.63, 3.8) is 0 Å². The van der Waals surface area contributed by atoms with Gasteiger partial charge in [-0.15, -0.1) is 0 Å². The van der Waals surface area contributed by atoms with Gasteiger partial charge in [0.2, 0.25) is 0 Å². The average Bonchev–Trinajstić information content (AvgIpc) is 2.96. The monoisotopic (exact) mass is 262 g/mol. The molecule has 0 bridgehead atoms. The average molecular weight is 262 g/mol. The minimum Gasteiger partial charge on any atom is -0.396 e. The molecule has 0 atom stereocenters. The van der Waals surface area contributed by atoms with Crippen molar-refractivity contribution in [2.75, 3.05) is 36.9 Å². The lowest BCUT2D eigenvalue weighted by Crippen LogP contribution is -2.37. The highest BCUT2D eigenvalue weighted by molar-refractivity contribution is 5.68. The molecule has 0 aliphatic carbocycles. The number of hydrogen-bond acceptors (Lipinski definition) is 4. The Morgan fingerprint density at radius 3 is 2.68 bits per heavy atom. The number of nitrogens with zero attached hydrogens (tertiary/aromatic N) is 3. The Labute approximate surface area is 110 Å². The summed E-state index contributed by atoms with van der Waals surface area (Å²) in [5, 5.41) is 4.16. The van der Waals surface area contributed by atoms with E-state index in [1.807, 2.05) is 0 Å². The van der Waals surface area contributed by atoms with E-state index in [-0.39, 0.29) is 5.69 Å². The second-order valence-electron chi connectivity index (χ2n) is 4.41. The van der Waals surface area contributed by atoms with E-state index < -0.39 is 5.82 Å². The maximum absolute atomic E-state index is 13.7. The molecule has 1 aromatic heterocycles. The summed E-state index contributed by atoms with van der Waals surface area (Å²) in [5.41, 5.74) is 7.41. The Balaban J connectivity index is 2.08. The van der Waals surface area contributed by atoms with Crippen LogP contribution in [0.5, 0.6) is 0 Å². The first-order chi connectivity index (χ1) is 9.25. The zero-order valence-corrected chi connectivity index (χ0v) is 10.4. The lowest BCUT2D eigenvalue weighted by atomic mass is 10.2. The molecule has 1 aliphatic heterocycles. The SMILES string of the molecule is Nc1cc(N2CCOCC2)c(-n2cccn2)cc1F. The number of hydrogen-bond donors (Lipinski definition) is 1. The molecule has 1 aliphatic rings. The summed E-state index contributed by atoms with van der Waals surface area (Å²) in [7, 11) is 0. The first-order valence-electron chi connectivity index (χ1n) is 6.17. The molecule has 6 heteroatoms. The smallest absolute Gasteiger partial charge is 0.148 e. The van der Waals surface area contributed by atoms with Gasteiger partial charge < -0.3 is 15.4 Å². The zero-order valence-electron chi connectivity index (χ0n) is 10.4. The number of ether oxygens (including phenoxy) is 1. The molecule has 1 saturated heterocycles. The fourth-order valence-corrected chi connectivity index (χ4v) is 2.22. The third-order valence-corrected chi connectivity index (χ3v) is 3.20. The van der Waals surface area contributed by atoms with Crippen LogP contribution >= 0.6 is 0 Å². The van der Waals surface area contributed by atoms with Crippen LogP contribution in [-0.2, 0) is 4.74 Å². The summed E-state index contributed by atoms with van der Waals surface area (Å²) < 4.78 is 20.7. The summed E-state index contributed by atoms with van der Waals surface area (Å²) >= 11 is 0. The number of benzene rings is 1. The fraction of sp³-hybridized carbons (Fsp3) is 0.308. The van der Waals surface area contributed by atoms with E-state index in [4.69, 9.17) is 10.5 Å². The molecule has 0 amide bonds. The molecule has 2 aromatic rings. The van der Waals surface area contributed by atoms with E-state index in [9.17, 15) is 4.39 Å². The number of rotatable bonds is 2. The van der Waals surface area contributed by atoms with Crippen LogP contribution in [0.25, 0.3) is 5.69 Å². The minimum absolute atomic E-state index is 0.150. The Morgan fingerprint density at radius 1 is 1.21 bits per heavy atom. The van der Waals surface area contributed by atoms with Gasteiger partial charge in [0.15, 0.2) is 0 Å². The van der Waals surface area contributed by atoms with E-state index >= 15 is 0 Å². The van der Waals surface area contributed by atoms with E-state index in [1.54, 1.807) is 29.2 Å². The number of anilines is 2. The normalized spacial score (nSPS) is 15.7. The molecule has 0 spiro atoms. The molecular formula is C13H15FN4O. The lowest BCUT2D eigenvalue weighted by Gasteiger charge is -2.30. The van der Waals surface area contributed by atoms with Gasteiger partial charge in [0.1, 0.15) is 5.82 Å². The Hall–Kier alpha value is -2.08. The standard InChI is InChI=1S/C13H15FN4O/c14-10-8-13(18-3-1-2-16-18)12(9-11(10)15)17-4-6-19-7-5-17/h1-3,8-9H,4-7,15H2. The Bertz CT molecular complexity index is 564. The molecular weight excluding hydrogens is 247 g/mol. The topological polar surface area (TPSA) is 56.3 Å². The van der Waals surface area contributed by atoms with Gasteiger partial charge in [-0.2, -0.15) is 5.10 Å². The zero-order chi connectivity index (χ0) is 13.2. The molecule has 0 unspecified atom stereocenters. The molecule has 19 heavy (non-hydrogen) atoms. The number of nitrogen functional groups attached to an aromatic ring is 1. The first kappa shape index (κ1) is 12.0. The number of nitrogens with two attached hydrogens (primary N) is 1. The predicted octanol–water partition coefficient (Wildman–Crippen LogP) is 1.43. The minimum atomic E-state index is -0.428. The summed E-state index contributed by atoms with van der Waals surface area (Å²) in [5.74, 6) is -0.428. The van der Waals surface area contributed by atoms with Crippen LogP contribution in [-0.4, -0.2) is 36.1 Å². The first-order valence-corrected chi connectivity index (χ1v) is 6.17. The highest BCUT2D eigenvalue weighted by atomic mass is 19.1. The summed E-state index contributed by atoms with van der Waals surface area (Å²) in [6, 6.07) is 4.89. The third kappa shape index (κ3) is 2.26. The fourth-order valence-electron chi connectivity index (χ4n) is 2.22. The van der Waals surface area contributed by atoms with Gasteiger partial charge in [0.25, 0.3) is 0 Å². The van der Waals surface area contributed by atoms with E-state index in [0.29, 0.717) is 18.9 Å². The maximum atomic E-state index is 13.7. The van der Waals surface area contributed by atoms with Crippen LogP contribution in [0.3, 0.4) is 0 Å². The van der Waals surface area contributed by atoms with Crippen molar-refractivity contribution in [2.24, 2.45) is 0 Å². The molecule has 5 nitrogen and oxygen atoms in total. The number of halogens is 1. The van der Waals surface area contributed by atoms with Crippen molar-refractivity contribution < 1.29 is 9.13 Å². The molecule has 0 saturated carbocycles. The highest BCUT2D eigenvalue weighted by Gasteiger charge is 2.18. The molecule has 2 N–H and O–H groups in total. The van der Waals surface area contributed by atoms with Gasteiger partial charge in [-0.1, -0.05) is 0 Å². The van der Waals surface area contributed by atoms with Gasteiger partial charge in [0.05, 0.1) is 30.3 Å². The van der Waals surface area contributed by atoms with Crippen molar-refractivity contribution in [1.29, 1.82) is 0 Å². The summed E-state index contributed by atoms with van der Waals surface area (Å²) in [6.07, 6.45) is 3.45. The van der Waals surface area contributed by atoms with Crippen LogP contribution in [0.15, 0.2) is 30.6 Å². The van der Waals surface area contributed by atoms with Crippen LogP contribution in [0.4, 0.5) is 15.8 Å². The number of morpholine rings is 1. The molecule has 3 rings (SSSR count). The molecule has 100 valence electrons. The van der Waals surface area contributed by atoms with Gasteiger partial charge in [-0.3, -0.25) is 0 Å². The van der Waals surface area contributed by atoms with E-state index in [1.165, 1.54) is 6.07 Å². The predicted molar refractivity (Wildman–Crippen MR) is 71.0 cm³/mol. The van der Waals surface area contributed by atoms with Crippen LogP contribution in [0.2, 0.25) is 0 Å². The van der Waals surface area contributed by atoms with E-state index in [2.05, 4.69) is 10.00 Å². The van der Waals surface area contributed by atoms with E-state index in [0.717, 1.165) is 18.8 Å². The molecule has 2 heterocycles. The van der Waals surface area contributed by atoms with Gasteiger partial charge in [-0.25, -0.2) is 9.07 Å². The van der Waals surface area contributed by atoms with Crippen molar-refractivity contribution in [2.45, 2.75) is 0 Å². The Kier molecular flexibility index (Phi) is 3.08. The summed E-state index contributed by atoms with van der Waals surface area (Å²) in [4.78, 5) is 2.14. The Morgan fingerprint density at radius 2 is 2.00 bits per heavy atom. The van der Waals surface area contributed by atoms with Crippen LogP contribution < -0.4 is 10.6 Å². The van der Waals surface area contributed by atoms with Gasteiger partial charge in [0, 0.05) is 31.5 Å². The van der Waals surface area contributed by atoms with Crippen molar-refractivity contribution in [3.05, 3.63) is 36.4 Å². The number of aromatic nitrogens is 2. The maximum Gasteiger partial charge on any atom is 0.148 e. The van der Waals surface area contributed by atoms with Crippen molar-refractivity contribution in [3.8, 4) is 5.69 Å². The largest absolute Gasteiger partial charge is 0.396 e. The van der Waals surface area contributed by atoms with Crippen LogP contribution in [0, 0.1) is 5.82 Å². The second-order valence-corrected chi connectivity index (χ2v) is 4.41. The second kappa shape index (κ2) is 4.89. The van der Waals surface area contributed by atoms with Crippen molar-refractivity contribution >= 4 is 11.4 Å². The van der Waals surface area contributed by atoms with Crippen LogP contribution in [0.1, 0.15) is 0 Å². The lowest BCUT2D eigenvalue weighted by molar-refractivity contribution is 0.122. The molecule has 0 radical (unpaired) electrons. The molecule has 1 aromatic carbocycles. The van der Waals surface area contributed by atoms with Crippen molar-refractivity contribution in [1.82, 2.24) is 9.78 Å². The summed E-state index contributed by atoms with van der Waals surface area (Å²) in [6.45, 7) is 2.85. The quantitative estimate of drug-likeness (QED) is 0.832. The third-order valence-electron chi connectivity index (χ3n) is 3.20. The van der Waals surface area contributed by atoms with Gasteiger partial charge >= 0.3 is 0 Å². The highest BCUT2D eigenvalue weighted by Crippen LogP contribution is 2.29.